The van der Waals surface area contributed by atoms with Crippen molar-refractivity contribution >= 4 is 11.9 Å². The second kappa shape index (κ2) is 8.70. The molecular formula is C22H31NO3. The molecule has 1 saturated heterocycles. The number of amides is 1. The Labute approximate surface area is 156 Å². The number of likely N-dealkylation sites (tertiary alicyclic amines) is 1. The number of benzene rings is 1. The summed E-state index contributed by atoms with van der Waals surface area (Å²) in [6.45, 7) is 5.25. The zero-order chi connectivity index (χ0) is 18.5. The zero-order valence-corrected chi connectivity index (χ0v) is 16.0. The van der Waals surface area contributed by atoms with E-state index in [-0.39, 0.29) is 29.8 Å². The summed E-state index contributed by atoms with van der Waals surface area (Å²) in [6, 6.07) is 9.99. The first-order chi connectivity index (χ1) is 12.5. The molecule has 1 aliphatic carbocycles. The van der Waals surface area contributed by atoms with Crippen molar-refractivity contribution in [1.29, 1.82) is 0 Å². The lowest BCUT2D eigenvalue weighted by molar-refractivity contribution is -0.163. The van der Waals surface area contributed by atoms with E-state index < -0.39 is 0 Å². The fourth-order valence-corrected chi connectivity index (χ4v) is 4.29. The molecule has 142 valence electrons. The molecule has 3 rings (SSSR count). The number of hydrogen-bond acceptors (Lipinski definition) is 3. The van der Waals surface area contributed by atoms with Crippen LogP contribution in [0.3, 0.4) is 0 Å². The summed E-state index contributed by atoms with van der Waals surface area (Å²) in [5, 5.41) is 0. The second-order valence-electron chi connectivity index (χ2n) is 8.18. The molecule has 1 aliphatic heterocycles. The van der Waals surface area contributed by atoms with Crippen molar-refractivity contribution in [3.05, 3.63) is 35.9 Å². The van der Waals surface area contributed by atoms with Gasteiger partial charge in [-0.2, -0.15) is 0 Å². The zero-order valence-electron chi connectivity index (χ0n) is 16.0. The summed E-state index contributed by atoms with van der Waals surface area (Å²) < 4.78 is 5.87. The van der Waals surface area contributed by atoms with Gasteiger partial charge in [0.05, 0.1) is 5.92 Å². The topological polar surface area (TPSA) is 46.6 Å². The van der Waals surface area contributed by atoms with E-state index in [1.165, 1.54) is 6.42 Å². The lowest BCUT2D eigenvalue weighted by atomic mass is 9.77. The Morgan fingerprint density at radius 1 is 1.15 bits per heavy atom. The van der Waals surface area contributed by atoms with Crippen LogP contribution in [-0.4, -0.2) is 29.4 Å². The van der Waals surface area contributed by atoms with Gasteiger partial charge in [-0.25, -0.2) is 0 Å². The summed E-state index contributed by atoms with van der Waals surface area (Å²) in [5.41, 5.74) is 1.10. The van der Waals surface area contributed by atoms with Crippen molar-refractivity contribution in [3.63, 3.8) is 0 Å². The Bertz CT molecular complexity index is 607. The molecule has 0 N–H and O–H groups in total. The van der Waals surface area contributed by atoms with Crippen LogP contribution in [0.25, 0.3) is 0 Å². The van der Waals surface area contributed by atoms with Gasteiger partial charge in [-0.3, -0.25) is 9.59 Å². The number of carbonyl (C=O) groups is 2. The quantitative estimate of drug-likeness (QED) is 0.743. The largest absolute Gasteiger partial charge is 0.462 e. The lowest BCUT2D eigenvalue weighted by Gasteiger charge is -2.39. The molecule has 4 heteroatoms. The third-order valence-electron chi connectivity index (χ3n) is 5.91. The summed E-state index contributed by atoms with van der Waals surface area (Å²) >= 11 is 0. The van der Waals surface area contributed by atoms with Crippen LogP contribution in [-0.2, 0) is 20.9 Å². The number of piperidine rings is 1. The Hall–Kier alpha value is -1.84. The minimum absolute atomic E-state index is 0.0734. The number of hydrogen-bond donors (Lipinski definition) is 0. The van der Waals surface area contributed by atoms with Gasteiger partial charge in [0.25, 0.3) is 0 Å². The average molecular weight is 357 g/mol. The van der Waals surface area contributed by atoms with E-state index in [1.54, 1.807) is 0 Å². The Morgan fingerprint density at radius 3 is 2.50 bits per heavy atom. The highest BCUT2D eigenvalue weighted by Gasteiger charge is 2.41. The van der Waals surface area contributed by atoms with Crippen LogP contribution in [0, 0.1) is 17.8 Å². The fraction of sp³-hybridized carbons (Fsp3) is 0.636. The van der Waals surface area contributed by atoms with Crippen molar-refractivity contribution < 1.29 is 14.3 Å². The van der Waals surface area contributed by atoms with E-state index in [0.717, 1.165) is 31.2 Å². The number of nitrogens with zero attached hydrogens (tertiary/aromatic N) is 1. The lowest BCUT2D eigenvalue weighted by Crippen LogP contribution is -2.49. The third kappa shape index (κ3) is 4.66. The van der Waals surface area contributed by atoms with E-state index in [1.807, 2.05) is 35.2 Å². The van der Waals surface area contributed by atoms with E-state index in [4.69, 9.17) is 4.74 Å². The predicted octanol–water partition coefficient (Wildman–Crippen LogP) is 4.18. The maximum atomic E-state index is 12.9. The highest BCUT2D eigenvalue weighted by Crippen LogP contribution is 2.33. The van der Waals surface area contributed by atoms with E-state index in [0.29, 0.717) is 25.4 Å². The standard InChI is InChI=1S/C22H31NO3/c1-16(2)19-13-21(24)23(14-17-9-5-3-6-10-17)15-20(19)22(25)26-18-11-7-4-8-12-18/h3,5-6,9-10,16,18-20H,4,7-8,11-15H2,1-2H3. The molecule has 1 aromatic carbocycles. The monoisotopic (exact) mass is 357 g/mol. The minimum Gasteiger partial charge on any atom is -0.462 e. The Balaban J connectivity index is 1.69. The normalized spacial score (nSPS) is 24.7. The molecule has 2 fully saturated rings. The van der Waals surface area contributed by atoms with Crippen LogP contribution in [0.4, 0.5) is 0 Å². The van der Waals surface area contributed by atoms with Crippen LogP contribution in [0.2, 0.25) is 0 Å². The molecule has 4 nitrogen and oxygen atoms in total. The number of esters is 1. The number of carbonyl (C=O) groups excluding carboxylic acids is 2. The van der Waals surface area contributed by atoms with Gasteiger partial charge < -0.3 is 9.64 Å². The molecule has 1 amide bonds. The summed E-state index contributed by atoms with van der Waals surface area (Å²) in [5.74, 6) is 0.209. The van der Waals surface area contributed by atoms with Crippen molar-refractivity contribution in [2.45, 2.75) is 65.0 Å². The second-order valence-corrected chi connectivity index (χ2v) is 8.18. The Morgan fingerprint density at radius 2 is 1.85 bits per heavy atom. The van der Waals surface area contributed by atoms with Crippen LogP contribution in [0.15, 0.2) is 30.3 Å². The fourth-order valence-electron chi connectivity index (χ4n) is 4.29. The van der Waals surface area contributed by atoms with Crippen molar-refractivity contribution in [3.8, 4) is 0 Å². The van der Waals surface area contributed by atoms with Gasteiger partial charge in [-0.15, -0.1) is 0 Å². The number of ether oxygens (including phenoxy) is 1. The van der Waals surface area contributed by atoms with Crippen LogP contribution in [0.1, 0.15) is 57.9 Å². The van der Waals surface area contributed by atoms with Gasteiger partial charge in [-0.1, -0.05) is 50.6 Å². The van der Waals surface area contributed by atoms with Crippen molar-refractivity contribution in [2.75, 3.05) is 6.54 Å². The highest BCUT2D eigenvalue weighted by atomic mass is 16.5. The van der Waals surface area contributed by atoms with E-state index in [2.05, 4.69) is 13.8 Å². The first-order valence-electron chi connectivity index (χ1n) is 10.1. The van der Waals surface area contributed by atoms with E-state index in [9.17, 15) is 9.59 Å². The van der Waals surface area contributed by atoms with Gasteiger partial charge in [-0.05, 0) is 43.1 Å². The first-order valence-corrected chi connectivity index (χ1v) is 10.1. The Kier molecular flexibility index (Phi) is 6.33. The molecule has 1 aromatic rings. The maximum Gasteiger partial charge on any atom is 0.311 e. The summed E-state index contributed by atoms with van der Waals surface area (Å²) in [4.78, 5) is 27.4. The molecule has 2 unspecified atom stereocenters. The summed E-state index contributed by atoms with van der Waals surface area (Å²) in [7, 11) is 0. The molecule has 0 bridgehead atoms. The van der Waals surface area contributed by atoms with Gasteiger partial charge in [0.1, 0.15) is 6.10 Å². The van der Waals surface area contributed by atoms with Crippen LogP contribution in [0.5, 0.6) is 0 Å². The predicted molar refractivity (Wildman–Crippen MR) is 101 cm³/mol. The number of rotatable bonds is 5. The van der Waals surface area contributed by atoms with Gasteiger partial charge >= 0.3 is 5.97 Å². The first kappa shape index (κ1) is 18.9. The van der Waals surface area contributed by atoms with Crippen molar-refractivity contribution in [1.82, 2.24) is 4.90 Å². The third-order valence-corrected chi connectivity index (χ3v) is 5.91. The summed E-state index contributed by atoms with van der Waals surface area (Å²) in [6.07, 6.45) is 6.02. The van der Waals surface area contributed by atoms with Crippen LogP contribution >= 0.6 is 0 Å². The van der Waals surface area contributed by atoms with Gasteiger partial charge in [0, 0.05) is 19.5 Å². The minimum atomic E-state index is -0.210. The molecule has 2 aliphatic rings. The molecule has 1 saturated carbocycles. The van der Waals surface area contributed by atoms with Gasteiger partial charge in [0.15, 0.2) is 0 Å². The smallest absolute Gasteiger partial charge is 0.311 e. The van der Waals surface area contributed by atoms with Crippen LogP contribution < -0.4 is 0 Å². The molecule has 2 atom stereocenters. The molecule has 0 aromatic heterocycles. The highest BCUT2D eigenvalue weighted by molar-refractivity contribution is 5.82. The average Bonchev–Trinajstić information content (AvgIpc) is 2.64. The molecule has 26 heavy (non-hydrogen) atoms. The van der Waals surface area contributed by atoms with Gasteiger partial charge in [0.2, 0.25) is 5.91 Å². The molecule has 0 radical (unpaired) electrons. The SMILES string of the molecule is CC(C)C1CC(=O)N(Cc2ccccc2)CC1C(=O)OC1CCCCC1. The van der Waals surface area contributed by atoms with E-state index >= 15 is 0 Å². The maximum absolute atomic E-state index is 12.9. The molecular weight excluding hydrogens is 326 g/mol. The van der Waals surface area contributed by atoms with Crippen molar-refractivity contribution in [2.24, 2.45) is 17.8 Å². The molecule has 0 spiro atoms. The molecule has 1 heterocycles.